The zero-order valence-electron chi connectivity index (χ0n) is 16.0. The highest BCUT2D eigenvalue weighted by molar-refractivity contribution is 5.97. The number of carbonyl (C=O) groups excluding carboxylic acids is 2. The molecule has 1 aliphatic carbocycles. The Labute approximate surface area is 163 Å². The zero-order valence-corrected chi connectivity index (χ0v) is 16.0. The topological polar surface area (TPSA) is 90.7 Å². The van der Waals surface area contributed by atoms with E-state index in [0.717, 1.165) is 43.9 Å². The van der Waals surface area contributed by atoms with Gasteiger partial charge in [0.2, 0.25) is 0 Å². The van der Waals surface area contributed by atoms with Crippen LogP contribution in [-0.2, 0) is 6.54 Å². The number of carbonyl (C=O) groups is 2. The molecule has 3 amide bonds. The second-order valence-corrected chi connectivity index (χ2v) is 7.45. The van der Waals surface area contributed by atoms with E-state index < -0.39 is 0 Å². The van der Waals surface area contributed by atoms with Crippen molar-refractivity contribution in [3.05, 3.63) is 47.3 Å². The molecule has 0 radical (unpaired) electrons. The fourth-order valence-electron chi connectivity index (χ4n) is 3.27. The molecular formula is C20H25N5O3. The monoisotopic (exact) mass is 383 g/mol. The molecule has 0 atom stereocenters. The van der Waals surface area contributed by atoms with Gasteiger partial charge in [0.1, 0.15) is 5.76 Å². The van der Waals surface area contributed by atoms with Gasteiger partial charge in [0.15, 0.2) is 0 Å². The van der Waals surface area contributed by atoms with Gasteiger partial charge >= 0.3 is 6.03 Å². The molecule has 1 saturated carbocycles. The minimum absolute atomic E-state index is 0.0877. The smallest absolute Gasteiger partial charge is 0.321 e. The van der Waals surface area contributed by atoms with Crippen LogP contribution in [-0.4, -0.2) is 59.1 Å². The number of benzene rings is 1. The van der Waals surface area contributed by atoms with Crippen LogP contribution in [0.1, 0.15) is 34.7 Å². The molecule has 2 N–H and O–H groups in total. The maximum absolute atomic E-state index is 12.6. The highest BCUT2D eigenvalue weighted by Crippen LogP contribution is 2.20. The maximum atomic E-state index is 12.6. The highest BCUT2D eigenvalue weighted by Gasteiger charge is 2.24. The normalized spacial score (nSPS) is 17.4. The first kappa shape index (κ1) is 18.5. The molecule has 8 nitrogen and oxygen atoms in total. The summed E-state index contributed by atoms with van der Waals surface area (Å²) in [5.74, 6) is 0.719. The van der Waals surface area contributed by atoms with Crippen LogP contribution in [0.3, 0.4) is 0 Å². The van der Waals surface area contributed by atoms with Crippen molar-refractivity contribution >= 4 is 17.6 Å². The predicted molar refractivity (Wildman–Crippen MR) is 104 cm³/mol. The van der Waals surface area contributed by atoms with Crippen molar-refractivity contribution in [1.82, 2.24) is 20.3 Å². The van der Waals surface area contributed by atoms with Gasteiger partial charge in [-0.2, -0.15) is 0 Å². The first-order chi connectivity index (χ1) is 13.6. The van der Waals surface area contributed by atoms with E-state index >= 15 is 0 Å². The molecule has 2 heterocycles. The lowest BCUT2D eigenvalue weighted by molar-refractivity contribution is 0.0951. The number of nitrogens with zero attached hydrogens (tertiary/aromatic N) is 3. The van der Waals surface area contributed by atoms with E-state index in [-0.39, 0.29) is 11.9 Å². The van der Waals surface area contributed by atoms with Gasteiger partial charge in [-0.3, -0.25) is 9.69 Å². The van der Waals surface area contributed by atoms with Crippen LogP contribution in [0.4, 0.5) is 10.5 Å². The third-order valence-electron chi connectivity index (χ3n) is 5.01. The standard InChI is InChI=1S/C20H25N5O3/c1-14-11-18(23-28-14)13-24-7-9-25(10-8-24)20(27)22-17-4-2-3-15(12-17)19(26)21-16-5-6-16/h2-4,11-12,16H,5-10,13H2,1H3,(H,21,26)(H,22,27). The summed E-state index contributed by atoms with van der Waals surface area (Å²) in [4.78, 5) is 28.8. The van der Waals surface area contributed by atoms with Crippen molar-refractivity contribution in [3.8, 4) is 0 Å². The Morgan fingerprint density at radius 2 is 1.96 bits per heavy atom. The number of hydrogen-bond donors (Lipinski definition) is 2. The number of aromatic nitrogens is 1. The third-order valence-corrected chi connectivity index (χ3v) is 5.01. The fraction of sp³-hybridized carbons (Fsp3) is 0.450. The van der Waals surface area contributed by atoms with Crippen LogP contribution in [0.2, 0.25) is 0 Å². The summed E-state index contributed by atoms with van der Waals surface area (Å²) in [6, 6.07) is 9.17. The summed E-state index contributed by atoms with van der Waals surface area (Å²) >= 11 is 0. The van der Waals surface area contributed by atoms with Crippen LogP contribution in [0, 0.1) is 6.92 Å². The molecule has 1 aliphatic heterocycles. The van der Waals surface area contributed by atoms with Gasteiger partial charge in [0.25, 0.3) is 5.91 Å². The molecule has 1 aromatic heterocycles. The Kier molecular flexibility index (Phi) is 5.29. The van der Waals surface area contributed by atoms with Gasteiger partial charge < -0.3 is 20.1 Å². The van der Waals surface area contributed by atoms with E-state index in [4.69, 9.17) is 4.52 Å². The number of rotatable bonds is 5. The lowest BCUT2D eigenvalue weighted by Crippen LogP contribution is -2.49. The van der Waals surface area contributed by atoms with Gasteiger partial charge in [-0.05, 0) is 38.0 Å². The van der Waals surface area contributed by atoms with Gasteiger partial charge in [-0.15, -0.1) is 0 Å². The predicted octanol–water partition coefficient (Wildman–Crippen LogP) is 2.22. The van der Waals surface area contributed by atoms with Gasteiger partial charge in [0, 0.05) is 56.1 Å². The van der Waals surface area contributed by atoms with Crippen molar-refractivity contribution in [2.45, 2.75) is 32.4 Å². The molecule has 8 heteroatoms. The van der Waals surface area contributed by atoms with Crippen LogP contribution in [0.5, 0.6) is 0 Å². The molecule has 0 unspecified atom stereocenters. The Morgan fingerprint density at radius 1 is 1.18 bits per heavy atom. The number of aryl methyl sites for hydroxylation is 1. The summed E-state index contributed by atoms with van der Waals surface area (Å²) in [6.45, 7) is 5.45. The Morgan fingerprint density at radius 3 is 2.64 bits per heavy atom. The second-order valence-electron chi connectivity index (χ2n) is 7.45. The Bertz CT molecular complexity index is 853. The van der Waals surface area contributed by atoms with Gasteiger partial charge in [0.05, 0.1) is 5.69 Å². The number of nitrogens with one attached hydrogen (secondary N) is 2. The lowest BCUT2D eigenvalue weighted by atomic mass is 10.2. The fourth-order valence-corrected chi connectivity index (χ4v) is 3.27. The van der Waals surface area contributed by atoms with Crippen molar-refractivity contribution in [1.29, 1.82) is 0 Å². The molecule has 28 heavy (non-hydrogen) atoms. The van der Waals surface area contributed by atoms with Crippen LogP contribution < -0.4 is 10.6 Å². The molecule has 4 rings (SSSR count). The molecule has 2 fully saturated rings. The molecule has 1 aromatic carbocycles. The average molecular weight is 383 g/mol. The summed E-state index contributed by atoms with van der Waals surface area (Å²) < 4.78 is 5.10. The second kappa shape index (κ2) is 8.02. The van der Waals surface area contributed by atoms with E-state index in [0.29, 0.717) is 30.4 Å². The first-order valence-electron chi connectivity index (χ1n) is 9.68. The molecular weight excluding hydrogens is 358 g/mol. The number of urea groups is 1. The van der Waals surface area contributed by atoms with Crippen molar-refractivity contribution in [3.63, 3.8) is 0 Å². The van der Waals surface area contributed by atoms with Crippen LogP contribution in [0.25, 0.3) is 0 Å². The van der Waals surface area contributed by atoms with E-state index in [1.807, 2.05) is 13.0 Å². The summed E-state index contributed by atoms with van der Waals surface area (Å²) in [5, 5.41) is 9.89. The van der Waals surface area contributed by atoms with Gasteiger partial charge in [-0.25, -0.2) is 4.79 Å². The largest absolute Gasteiger partial charge is 0.361 e. The molecule has 0 bridgehead atoms. The molecule has 2 aromatic rings. The quantitative estimate of drug-likeness (QED) is 0.826. The van der Waals surface area contributed by atoms with E-state index in [1.165, 1.54) is 0 Å². The number of anilines is 1. The highest BCUT2D eigenvalue weighted by atomic mass is 16.5. The van der Waals surface area contributed by atoms with Gasteiger partial charge in [-0.1, -0.05) is 11.2 Å². The van der Waals surface area contributed by atoms with Crippen LogP contribution >= 0.6 is 0 Å². The molecule has 1 saturated heterocycles. The summed E-state index contributed by atoms with van der Waals surface area (Å²) in [6.07, 6.45) is 2.09. The molecule has 148 valence electrons. The summed E-state index contributed by atoms with van der Waals surface area (Å²) in [7, 11) is 0. The SMILES string of the molecule is Cc1cc(CN2CCN(C(=O)Nc3cccc(C(=O)NC4CC4)c3)CC2)no1. The van der Waals surface area contributed by atoms with E-state index in [9.17, 15) is 9.59 Å². The number of hydrogen-bond acceptors (Lipinski definition) is 5. The van der Waals surface area contributed by atoms with E-state index in [2.05, 4.69) is 20.7 Å². The van der Waals surface area contributed by atoms with E-state index in [1.54, 1.807) is 29.2 Å². The minimum Gasteiger partial charge on any atom is -0.361 e. The zero-order chi connectivity index (χ0) is 19.5. The number of piperazine rings is 1. The minimum atomic E-state index is -0.142. The molecule has 0 spiro atoms. The van der Waals surface area contributed by atoms with Crippen LogP contribution in [0.15, 0.2) is 34.9 Å². The third kappa shape index (κ3) is 4.69. The summed E-state index contributed by atoms with van der Waals surface area (Å²) in [5.41, 5.74) is 2.11. The van der Waals surface area contributed by atoms with Crippen molar-refractivity contribution in [2.24, 2.45) is 0 Å². The first-order valence-corrected chi connectivity index (χ1v) is 9.68. The number of amides is 3. The lowest BCUT2D eigenvalue weighted by Gasteiger charge is -2.34. The Hall–Kier alpha value is -2.87. The molecule has 2 aliphatic rings. The average Bonchev–Trinajstić information content (AvgIpc) is 3.42. The Balaban J connectivity index is 1.28. The van der Waals surface area contributed by atoms with Crippen molar-refractivity contribution < 1.29 is 14.1 Å². The van der Waals surface area contributed by atoms with Crippen molar-refractivity contribution in [2.75, 3.05) is 31.5 Å². The maximum Gasteiger partial charge on any atom is 0.321 e.